The van der Waals surface area contributed by atoms with Gasteiger partial charge in [-0.05, 0) is 0 Å². The number of hydrogen-bond acceptors (Lipinski definition) is 5. The highest BCUT2D eigenvalue weighted by Crippen LogP contribution is 2.56. The molecule has 1 unspecified atom stereocenters. The van der Waals surface area contributed by atoms with Crippen molar-refractivity contribution in [2.24, 2.45) is 5.92 Å². The molecule has 0 bridgehead atoms. The van der Waals surface area contributed by atoms with Crippen LogP contribution in [0.5, 0.6) is 0 Å². The van der Waals surface area contributed by atoms with E-state index in [2.05, 4.69) is 9.05 Å². The Morgan fingerprint density at radius 3 is 2.12 bits per heavy atom. The van der Waals surface area contributed by atoms with Crippen molar-refractivity contribution in [3.8, 4) is 0 Å². The standard InChI is InChI=1S/C6H14O8P2/c1-5(2)6(7)13-3-4-15(8,9)14-16(10,11)12/h5H,3-4H2,1-2H3,(H,8,9)(H2,10,11,12). The zero-order valence-electron chi connectivity index (χ0n) is 8.77. The van der Waals surface area contributed by atoms with Gasteiger partial charge in [0.25, 0.3) is 0 Å². The van der Waals surface area contributed by atoms with Crippen molar-refractivity contribution in [1.82, 2.24) is 0 Å². The van der Waals surface area contributed by atoms with Gasteiger partial charge < -0.3 is 19.4 Å². The van der Waals surface area contributed by atoms with E-state index in [9.17, 15) is 13.9 Å². The van der Waals surface area contributed by atoms with Gasteiger partial charge in [0, 0.05) is 0 Å². The number of phosphoric acid groups is 1. The van der Waals surface area contributed by atoms with Crippen molar-refractivity contribution in [2.75, 3.05) is 12.8 Å². The van der Waals surface area contributed by atoms with Crippen LogP contribution in [0.2, 0.25) is 0 Å². The Morgan fingerprint density at radius 2 is 1.75 bits per heavy atom. The van der Waals surface area contributed by atoms with E-state index in [0.717, 1.165) is 0 Å². The summed E-state index contributed by atoms with van der Waals surface area (Å²) < 4.78 is 29.5. The number of ether oxygens (including phenoxy) is 1. The first-order chi connectivity index (χ1) is 7.03. The average molecular weight is 276 g/mol. The van der Waals surface area contributed by atoms with Crippen molar-refractivity contribution >= 4 is 21.4 Å². The lowest BCUT2D eigenvalue weighted by atomic mass is 10.2. The Morgan fingerprint density at radius 1 is 1.25 bits per heavy atom. The minimum atomic E-state index is -5.02. The van der Waals surface area contributed by atoms with Gasteiger partial charge in [0.15, 0.2) is 0 Å². The molecule has 96 valence electrons. The number of rotatable bonds is 6. The fourth-order valence-electron chi connectivity index (χ4n) is 0.635. The van der Waals surface area contributed by atoms with E-state index in [1.165, 1.54) is 0 Å². The number of esters is 1. The highest BCUT2D eigenvalue weighted by Gasteiger charge is 2.30. The van der Waals surface area contributed by atoms with E-state index in [1.54, 1.807) is 13.8 Å². The van der Waals surface area contributed by atoms with Crippen LogP contribution in [0, 0.1) is 5.92 Å². The predicted octanol–water partition coefficient (Wildman–Crippen LogP) is 0.480. The molecule has 0 aromatic carbocycles. The third-order valence-corrected chi connectivity index (χ3v) is 3.94. The van der Waals surface area contributed by atoms with Crippen LogP contribution < -0.4 is 0 Å². The molecule has 0 saturated heterocycles. The molecule has 0 aliphatic heterocycles. The number of carbonyl (C=O) groups is 1. The van der Waals surface area contributed by atoms with Gasteiger partial charge in [-0.1, -0.05) is 13.8 Å². The molecule has 0 radical (unpaired) electrons. The van der Waals surface area contributed by atoms with E-state index < -0.39 is 34.2 Å². The molecule has 0 heterocycles. The van der Waals surface area contributed by atoms with Gasteiger partial charge in [-0.3, -0.25) is 9.36 Å². The zero-order chi connectivity index (χ0) is 13.0. The summed E-state index contributed by atoms with van der Waals surface area (Å²) in [7, 11) is -9.46. The first-order valence-corrected chi connectivity index (χ1v) is 7.58. The molecule has 0 aliphatic carbocycles. The van der Waals surface area contributed by atoms with Crippen LogP contribution in [0.3, 0.4) is 0 Å². The molecule has 0 aromatic heterocycles. The van der Waals surface area contributed by atoms with Gasteiger partial charge in [0.2, 0.25) is 0 Å². The molecule has 16 heavy (non-hydrogen) atoms. The molecular weight excluding hydrogens is 262 g/mol. The quantitative estimate of drug-likeness (QED) is 0.471. The number of carbonyl (C=O) groups excluding carboxylic acids is 1. The Labute approximate surface area is 92.3 Å². The lowest BCUT2D eigenvalue weighted by molar-refractivity contribution is -0.146. The smallest absolute Gasteiger partial charge is 0.465 e. The Balaban J connectivity index is 4.07. The maximum atomic E-state index is 11.0. The lowest BCUT2D eigenvalue weighted by Crippen LogP contribution is -2.14. The van der Waals surface area contributed by atoms with E-state index in [-0.39, 0.29) is 5.92 Å². The highest BCUT2D eigenvalue weighted by atomic mass is 31.3. The molecule has 0 spiro atoms. The van der Waals surface area contributed by atoms with E-state index in [1.807, 2.05) is 0 Å². The minimum absolute atomic E-state index is 0.388. The lowest BCUT2D eigenvalue weighted by Gasteiger charge is -2.13. The van der Waals surface area contributed by atoms with Gasteiger partial charge >= 0.3 is 21.4 Å². The van der Waals surface area contributed by atoms with Crippen LogP contribution in [-0.2, 0) is 23.0 Å². The van der Waals surface area contributed by atoms with Crippen molar-refractivity contribution < 1.29 is 37.7 Å². The molecule has 10 heteroatoms. The molecule has 8 nitrogen and oxygen atoms in total. The van der Waals surface area contributed by atoms with E-state index in [0.29, 0.717) is 0 Å². The Hall–Kier alpha value is -0.230. The molecule has 0 rings (SSSR count). The SMILES string of the molecule is CC(C)C(=O)OCCP(=O)(O)OP(=O)(O)O. The van der Waals surface area contributed by atoms with Gasteiger partial charge in [-0.15, -0.1) is 0 Å². The van der Waals surface area contributed by atoms with Crippen molar-refractivity contribution in [3.63, 3.8) is 0 Å². The summed E-state index contributed by atoms with van der Waals surface area (Å²) in [5.41, 5.74) is 0. The molecule has 0 amide bonds. The second-order valence-corrected chi connectivity index (χ2v) is 6.61. The molecule has 0 aliphatic rings. The first kappa shape index (κ1) is 15.8. The first-order valence-electron chi connectivity index (χ1n) is 4.29. The Kier molecular flexibility index (Phi) is 5.82. The summed E-state index contributed by atoms with van der Waals surface area (Å²) in [6.07, 6.45) is -0.670. The summed E-state index contributed by atoms with van der Waals surface area (Å²) in [4.78, 5) is 36.5. The summed E-state index contributed by atoms with van der Waals surface area (Å²) in [5, 5.41) is 0. The van der Waals surface area contributed by atoms with Crippen LogP contribution in [0.4, 0.5) is 0 Å². The minimum Gasteiger partial charge on any atom is -0.465 e. The Bertz CT molecular complexity index is 331. The largest absolute Gasteiger partial charge is 0.476 e. The number of hydrogen-bond donors (Lipinski definition) is 3. The maximum Gasteiger partial charge on any atom is 0.476 e. The summed E-state index contributed by atoms with van der Waals surface area (Å²) in [5.74, 6) is -0.961. The summed E-state index contributed by atoms with van der Waals surface area (Å²) in [6.45, 7) is 2.71. The van der Waals surface area contributed by atoms with Gasteiger partial charge in [0.1, 0.15) is 6.61 Å². The van der Waals surface area contributed by atoms with Gasteiger partial charge in [-0.2, -0.15) is 0 Å². The molecule has 1 atom stereocenters. The zero-order valence-corrected chi connectivity index (χ0v) is 10.6. The van der Waals surface area contributed by atoms with Crippen LogP contribution >= 0.6 is 15.4 Å². The molecule has 3 N–H and O–H groups in total. The summed E-state index contributed by atoms with van der Waals surface area (Å²) in [6, 6.07) is 0. The van der Waals surface area contributed by atoms with Crippen molar-refractivity contribution in [2.45, 2.75) is 13.8 Å². The second-order valence-electron chi connectivity index (χ2n) is 3.26. The van der Waals surface area contributed by atoms with Crippen molar-refractivity contribution in [1.29, 1.82) is 0 Å². The molecule has 0 fully saturated rings. The van der Waals surface area contributed by atoms with Crippen molar-refractivity contribution in [3.05, 3.63) is 0 Å². The third-order valence-electron chi connectivity index (χ3n) is 1.32. The summed E-state index contributed by atoms with van der Waals surface area (Å²) >= 11 is 0. The van der Waals surface area contributed by atoms with E-state index in [4.69, 9.17) is 14.7 Å². The molecule has 0 aromatic rings. The topological polar surface area (TPSA) is 130 Å². The average Bonchev–Trinajstić information content (AvgIpc) is 1.98. The van der Waals surface area contributed by atoms with Gasteiger partial charge in [0.05, 0.1) is 12.1 Å². The highest BCUT2D eigenvalue weighted by molar-refractivity contribution is 7.63. The normalized spacial score (nSPS) is 15.9. The van der Waals surface area contributed by atoms with Crippen LogP contribution in [0.1, 0.15) is 13.8 Å². The van der Waals surface area contributed by atoms with Gasteiger partial charge in [-0.25, -0.2) is 8.88 Å². The fourth-order valence-corrected chi connectivity index (χ4v) is 2.61. The second kappa shape index (κ2) is 5.91. The predicted molar refractivity (Wildman–Crippen MR) is 53.6 cm³/mol. The van der Waals surface area contributed by atoms with E-state index >= 15 is 0 Å². The molecular formula is C6H14O8P2. The monoisotopic (exact) mass is 276 g/mol. The van der Waals surface area contributed by atoms with Crippen LogP contribution in [0.25, 0.3) is 0 Å². The van der Waals surface area contributed by atoms with Crippen LogP contribution in [-0.4, -0.2) is 33.4 Å². The third kappa shape index (κ3) is 7.98. The molecule has 0 saturated carbocycles. The maximum absolute atomic E-state index is 11.0. The fraction of sp³-hybridized carbons (Fsp3) is 0.833. The van der Waals surface area contributed by atoms with Crippen LogP contribution in [0.15, 0.2) is 0 Å².